The Morgan fingerprint density at radius 2 is 2.40 bits per heavy atom. The maximum absolute atomic E-state index is 4.12. The third-order valence-electron chi connectivity index (χ3n) is 2.14. The van der Waals surface area contributed by atoms with Crippen molar-refractivity contribution in [2.75, 3.05) is 18.1 Å². The average molecular weight is 244 g/mol. The second-order valence-electron chi connectivity index (χ2n) is 3.48. The van der Waals surface area contributed by atoms with E-state index in [1.54, 1.807) is 11.3 Å². The van der Waals surface area contributed by atoms with E-state index in [1.807, 2.05) is 23.5 Å². The molecule has 0 aliphatic rings. The van der Waals surface area contributed by atoms with Gasteiger partial charge in [0.1, 0.15) is 0 Å². The van der Waals surface area contributed by atoms with Crippen LogP contribution in [-0.4, -0.2) is 29.1 Å². The second kappa shape index (κ2) is 8.13. The number of nitrogens with zero attached hydrogens (tertiary/aromatic N) is 1. The Hall–Kier alpha value is -0.0600. The van der Waals surface area contributed by atoms with Crippen LogP contribution in [0.3, 0.4) is 0 Å². The molecule has 2 nitrogen and oxygen atoms in total. The van der Waals surface area contributed by atoms with Crippen LogP contribution in [-0.2, 0) is 6.42 Å². The molecule has 1 heterocycles. The minimum absolute atomic E-state index is 0.607. The topological polar surface area (TPSA) is 24.9 Å². The second-order valence-corrected chi connectivity index (χ2v) is 5.77. The van der Waals surface area contributed by atoms with Gasteiger partial charge >= 0.3 is 0 Å². The summed E-state index contributed by atoms with van der Waals surface area (Å²) in [6, 6.07) is 0.607. The molecule has 4 heteroatoms. The van der Waals surface area contributed by atoms with E-state index in [4.69, 9.17) is 0 Å². The van der Waals surface area contributed by atoms with E-state index in [0.29, 0.717) is 6.04 Å². The predicted molar refractivity (Wildman–Crippen MR) is 70.9 cm³/mol. The molecule has 1 aromatic rings. The maximum atomic E-state index is 4.12. The molecule has 0 aliphatic carbocycles. The third-order valence-corrected chi connectivity index (χ3v) is 3.99. The lowest BCUT2D eigenvalue weighted by Crippen LogP contribution is -2.33. The van der Waals surface area contributed by atoms with Crippen molar-refractivity contribution >= 4 is 23.1 Å². The molecule has 15 heavy (non-hydrogen) atoms. The number of aromatic nitrogens is 1. The van der Waals surface area contributed by atoms with Gasteiger partial charge in [0, 0.05) is 22.9 Å². The highest BCUT2D eigenvalue weighted by molar-refractivity contribution is 7.99. The monoisotopic (exact) mass is 244 g/mol. The molecule has 86 valence electrons. The number of rotatable bonds is 8. The lowest BCUT2D eigenvalue weighted by atomic mass is 10.2. The molecule has 0 aromatic carbocycles. The Balaban J connectivity index is 2.33. The molecule has 0 saturated carbocycles. The van der Waals surface area contributed by atoms with E-state index in [0.717, 1.165) is 13.0 Å². The normalized spacial score (nSPS) is 12.9. The van der Waals surface area contributed by atoms with Crippen LogP contribution in [0, 0.1) is 0 Å². The van der Waals surface area contributed by atoms with Crippen molar-refractivity contribution in [3.05, 3.63) is 16.6 Å². The minimum atomic E-state index is 0.607. The Kier molecular flexibility index (Phi) is 7.05. The van der Waals surface area contributed by atoms with Crippen molar-refractivity contribution in [3.63, 3.8) is 0 Å². The SMILES string of the molecule is CCCNC(CSCC)Cc1cncs1. The van der Waals surface area contributed by atoms with Gasteiger partial charge < -0.3 is 5.32 Å². The predicted octanol–water partition coefficient (Wildman–Crippen LogP) is 2.81. The molecular formula is C11H20N2S2. The highest BCUT2D eigenvalue weighted by Crippen LogP contribution is 2.12. The smallest absolute Gasteiger partial charge is 0.0794 e. The first-order chi connectivity index (χ1) is 7.36. The van der Waals surface area contributed by atoms with Gasteiger partial charge in [-0.3, -0.25) is 4.98 Å². The summed E-state index contributed by atoms with van der Waals surface area (Å²) in [6.45, 7) is 5.55. The zero-order chi connectivity index (χ0) is 10.9. The quantitative estimate of drug-likeness (QED) is 0.761. The number of thiazole rings is 1. The summed E-state index contributed by atoms with van der Waals surface area (Å²) in [4.78, 5) is 5.51. The lowest BCUT2D eigenvalue weighted by Gasteiger charge is -2.16. The van der Waals surface area contributed by atoms with Gasteiger partial charge in [-0.1, -0.05) is 13.8 Å². The molecule has 1 unspecified atom stereocenters. The summed E-state index contributed by atoms with van der Waals surface area (Å²) in [7, 11) is 0. The highest BCUT2D eigenvalue weighted by atomic mass is 32.2. The van der Waals surface area contributed by atoms with E-state index >= 15 is 0 Å². The van der Waals surface area contributed by atoms with Crippen molar-refractivity contribution in [3.8, 4) is 0 Å². The first kappa shape index (κ1) is 13.0. The van der Waals surface area contributed by atoms with Crippen LogP contribution in [0.5, 0.6) is 0 Å². The van der Waals surface area contributed by atoms with Crippen LogP contribution in [0.15, 0.2) is 11.7 Å². The van der Waals surface area contributed by atoms with Crippen molar-refractivity contribution in [2.45, 2.75) is 32.7 Å². The first-order valence-corrected chi connectivity index (χ1v) is 7.58. The van der Waals surface area contributed by atoms with E-state index < -0.39 is 0 Å². The number of nitrogens with one attached hydrogen (secondary N) is 1. The Morgan fingerprint density at radius 1 is 1.53 bits per heavy atom. The summed E-state index contributed by atoms with van der Waals surface area (Å²) < 4.78 is 0. The number of hydrogen-bond donors (Lipinski definition) is 1. The summed E-state index contributed by atoms with van der Waals surface area (Å²) in [5, 5.41) is 3.60. The third kappa shape index (κ3) is 5.54. The van der Waals surface area contributed by atoms with E-state index in [-0.39, 0.29) is 0 Å². The zero-order valence-electron chi connectivity index (χ0n) is 9.53. The Morgan fingerprint density at radius 3 is 3.00 bits per heavy atom. The van der Waals surface area contributed by atoms with Gasteiger partial charge in [0.05, 0.1) is 5.51 Å². The molecule has 0 saturated heterocycles. The Labute approximate surface area is 101 Å². The van der Waals surface area contributed by atoms with Gasteiger partial charge in [-0.05, 0) is 25.1 Å². The van der Waals surface area contributed by atoms with Gasteiger partial charge in [-0.2, -0.15) is 11.8 Å². The van der Waals surface area contributed by atoms with Crippen LogP contribution >= 0.6 is 23.1 Å². The fraction of sp³-hybridized carbons (Fsp3) is 0.727. The minimum Gasteiger partial charge on any atom is -0.313 e. The molecule has 0 fully saturated rings. The molecule has 0 amide bonds. The summed E-state index contributed by atoms with van der Waals surface area (Å²) >= 11 is 3.77. The number of hydrogen-bond acceptors (Lipinski definition) is 4. The van der Waals surface area contributed by atoms with Crippen molar-refractivity contribution < 1.29 is 0 Å². The molecule has 0 bridgehead atoms. The molecule has 1 N–H and O–H groups in total. The van der Waals surface area contributed by atoms with Crippen LogP contribution in [0.4, 0.5) is 0 Å². The Bertz CT molecular complexity index is 229. The molecule has 0 aliphatic heterocycles. The average Bonchev–Trinajstić information content (AvgIpc) is 2.74. The van der Waals surface area contributed by atoms with Gasteiger partial charge in [0.2, 0.25) is 0 Å². The van der Waals surface area contributed by atoms with Gasteiger partial charge in [0.25, 0.3) is 0 Å². The molecule has 0 radical (unpaired) electrons. The highest BCUT2D eigenvalue weighted by Gasteiger charge is 2.09. The van der Waals surface area contributed by atoms with Crippen LogP contribution < -0.4 is 5.32 Å². The summed E-state index contributed by atoms with van der Waals surface area (Å²) in [5.74, 6) is 2.40. The van der Waals surface area contributed by atoms with Crippen molar-refractivity contribution in [2.24, 2.45) is 0 Å². The fourth-order valence-corrected chi connectivity index (χ4v) is 2.82. The maximum Gasteiger partial charge on any atom is 0.0794 e. The van der Waals surface area contributed by atoms with Crippen LogP contribution in [0.2, 0.25) is 0 Å². The van der Waals surface area contributed by atoms with Gasteiger partial charge in [-0.15, -0.1) is 11.3 Å². The number of thioether (sulfide) groups is 1. The fourth-order valence-electron chi connectivity index (χ4n) is 1.38. The van der Waals surface area contributed by atoms with Crippen molar-refractivity contribution in [1.82, 2.24) is 10.3 Å². The first-order valence-electron chi connectivity index (χ1n) is 5.55. The zero-order valence-corrected chi connectivity index (χ0v) is 11.2. The summed E-state index contributed by atoms with van der Waals surface area (Å²) in [5.41, 5.74) is 1.92. The van der Waals surface area contributed by atoms with E-state index in [2.05, 4.69) is 24.1 Å². The largest absolute Gasteiger partial charge is 0.313 e. The van der Waals surface area contributed by atoms with Crippen LogP contribution in [0.25, 0.3) is 0 Å². The van der Waals surface area contributed by atoms with Crippen molar-refractivity contribution in [1.29, 1.82) is 0 Å². The van der Waals surface area contributed by atoms with E-state index in [9.17, 15) is 0 Å². The molecule has 0 spiro atoms. The summed E-state index contributed by atoms with van der Waals surface area (Å²) in [6.07, 6.45) is 4.32. The molecular weight excluding hydrogens is 224 g/mol. The van der Waals surface area contributed by atoms with Gasteiger partial charge in [-0.25, -0.2) is 0 Å². The molecule has 1 atom stereocenters. The standard InChI is InChI=1S/C11H20N2S2/c1-3-5-13-10(8-14-4-2)6-11-7-12-9-15-11/h7,9-10,13H,3-6,8H2,1-2H3. The molecule has 1 aromatic heterocycles. The lowest BCUT2D eigenvalue weighted by molar-refractivity contribution is 0.553. The van der Waals surface area contributed by atoms with Crippen LogP contribution in [0.1, 0.15) is 25.1 Å². The van der Waals surface area contributed by atoms with Gasteiger partial charge in [0.15, 0.2) is 0 Å². The van der Waals surface area contributed by atoms with E-state index in [1.165, 1.54) is 22.8 Å². The molecule has 1 rings (SSSR count).